The van der Waals surface area contributed by atoms with Crippen LogP contribution in [0.1, 0.15) is 22.0 Å². The molecule has 19 heavy (non-hydrogen) atoms. The van der Waals surface area contributed by atoms with E-state index in [2.05, 4.69) is 10.1 Å². The van der Waals surface area contributed by atoms with Gasteiger partial charge in [-0.2, -0.15) is 0 Å². The molecule has 0 spiro atoms. The van der Waals surface area contributed by atoms with Gasteiger partial charge in [0.05, 0.1) is 44.1 Å². The molecular formula is C14H17NO4. The summed E-state index contributed by atoms with van der Waals surface area (Å²) in [5.74, 6) is -0.321. The Labute approximate surface area is 111 Å². The number of hydrogen-bond donors (Lipinski definition) is 1. The number of hydrogen-bond acceptors (Lipinski definition) is 5. The van der Waals surface area contributed by atoms with Gasteiger partial charge >= 0.3 is 5.97 Å². The minimum absolute atomic E-state index is 0.00893. The molecule has 0 amide bonds. The molecule has 5 nitrogen and oxygen atoms in total. The Morgan fingerprint density at radius 2 is 2.11 bits per heavy atom. The van der Waals surface area contributed by atoms with Gasteiger partial charge in [0, 0.05) is 6.54 Å². The third-order valence-corrected chi connectivity index (χ3v) is 3.64. The minimum atomic E-state index is -0.321. The highest BCUT2D eigenvalue weighted by Gasteiger charge is 2.35. The molecule has 2 heterocycles. The minimum Gasteiger partial charge on any atom is -0.465 e. The number of fused-ring (bicyclic) bond motifs is 1. The van der Waals surface area contributed by atoms with E-state index in [9.17, 15) is 4.79 Å². The highest BCUT2D eigenvalue weighted by atomic mass is 16.6. The van der Waals surface area contributed by atoms with E-state index in [1.54, 1.807) is 12.1 Å². The first-order valence-corrected chi connectivity index (χ1v) is 6.43. The van der Waals surface area contributed by atoms with E-state index in [1.807, 2.05) is 12.1 Å². The molecule has 2 aliphatic rings. The summed E-state index contributed by atoms with van der Waals surface area (Å²) in [5.41, 5.74) is 1.61. The van der Waals surface area contributed by atoms with Crippen LogP contribution in [0.2, 0.25) is 0 Å². The summed E-state index contributed by atoms with van der Waals surface area (Å²) >= 11 is 0. The number of methoxy groups -OCH3 is 1. The van der Waals surface area contributed by atoms with Gasteiger partial charge < -0.3 is 19.5 Å². The van der Waals surface area contributed by atoms with Gasteiger partial charge in [-0.1, -0.05) is 12.1 Å². The smallest absolute Gasteiger partial charge is 0.337 e. The number of nitrogens with one attached hydrogen (secondary N) is 1. The first kappa shape index (κ1) is 12.6. The third-order valence-electron chi connectivity index (χ3n) is 3.64. The number of benzene rings is 1. The summed E-state index contributed by atoms with van der Waals surface area (Å²) < 4.78 is 16.1. The largest absolute Gasteiger partial charge is 0.465 e. The Balaban J connectivity index is 1.70. The van der Waals surface area contributed by atoms with Crippen molar-refractivity contribution < 1.29 is 19.0 Å². The molecule has 5 heteroatoms. The van der Waals surface area contributed by atoms with Gasteiger partial charge in [0.2, 0.25) is 0 Å². The lowest BCUT2D eigenvalue weighted by atomic mass is 10.0. The summed E-state index contributed by atoms with van der Waals surface area (Å²) in [6.07, 6.45) is 0.133. The monoisotopic (exact) mass is 263 g/mol. The van der Waals surface area contributed by atoms with Gasteiger partial charge in [-0.25, -0.2) is 4.79 Å². The molecule has 0 unspecified atom stereocenters. The molecule has 2 fully saturated rings. The zero-order valence-corrected chi connectivity index (χ0v) is 10.8. The number of morpholine rings is 1. The summed E-state index contributed by atoms with van der Waals surface area (Å²) in [6, 6.07) is 7.66. The number of carbonyl (C=O) groups excluding carboxylic acids is 1. The molecule has 0 radical (unpaired) electrons. The molecule has 2 aliphatic heterocycles. The van der Waals surface area contributed by atoms with Gasteiger partial charge in [0.15, 0.2) is 0 Å². The van der Waals surface area contributed by atoms with Crippen molar-refractivity contribution in [2.75, 3.05) is 26.9 Å². The normalized spacial score (nSPS) is 29.8. The first-order valence-electron chi connectivity index (χ1n) is 6.43. The number of carbonyl (C=O) groups is 1. The zero-order valence-electron chi connectivity index (χ0n) is 10.8. The molecule has 1 aromatic rings. The van der Waals surface area contributed by atoms with Crippen LogP contribution in [0.25, 0.3) is 0 Å². The summed E-state index contributed by atoms with van der Waals surface area (Å²) in [7, 11) is 1.38. The van der Waals surface area contributed by atoms with Crippen molar-refractivity contribution in [2.45, 2.75) is 18.2 Å². The second-order valence-corrected chi connectivity index (χ2v) is 4.83. The zero-order chi connectivity index (χ0) is 13.2. The lowest BCUT2D eigenvalue weighted by molar-refractivity contribution is -0.0510. The van der Waals surface area contributed by atoms with Crippen molar-refractivity contribution >= 4 is 5.97 Å². The Morgan fingerprint density at radius 3 is 2.84 bits per heavy atom. The lowest BCUT2D eigenvalue weighted by Crippen LogP contribution is -2.48. The molecule has 3 rings (SSSR count). The Morgan fingerprint density at radius 1 is 1.32 bits per heavy atom. The predicted molar refractivity (Wildman–Crippen MR) is 68.0 cm³/mol. The average molecular weight is 263 g/mol. The molecule has 0 bridgehead atoms. The van der Waals surface area contributed by atoms with E-state index in [4.69, 9.17) is 9.47 Å². The van der Waals surface area contributed by atoms with E-state index >= 15 is 0 Å². The van der Waals surface area contributed by atoms with Crippen molar-refractivity contribution in [3.05, 3.63) is 35.4 Å². The van der Waals surface area contributed by atoms with E-state index in [1.165, 1.54) is 7.11 Å². The second kappa shape index (κ2) is 5.28. The number of rotatable bonds is 2. The number of ether oxygens (including phenoxy) is 3. The van der Waals surface area contributed by atoms with Crippen LogP contribution >= 0.6 is 0 Å². The van der Waals surface area contributed by atoms with E-state index < -0.39 is 0 Å². The molecule has 0 saturated carbocycles. The SMILES string of the molecule is COC(=O)c1ccc([C@@H]2CN[C@@H]3COC[C@@H]3O2)cc1. The summed E-state index contributed by atoms with van der Waals surface area (Å²) in [6.45, 7) is 2.13. The van der Waals surface area contributed by atoms with Crippen LogP contribution in [0.4, 0.5) is 0 Å². The summed E-state index contributed by atoms with van der Waals surface area (Å²) in [5, 5.41) is 3.44. The molecule has 0 aliphatic carbocycles. The summed E-state index contributed by atoms with van der Waals surface area (Å²) in [4.78, 5) is 11.4. The Hall–Kier alpha value is -1.43. The van der Waals surface area contributed by atoms with E-state index in [0.717, 1.165) is 18.7 Å². The average Bonchev–Trinajstić information content (AvgIpc) is 2.94. The van der Waals surface area contributed by atoms with Gasteiger partial charge in [0.25, 0.3) is 0 Å². The van der Waals surface area contributed by atoms with Crippen molar-refractivity contribution in [1.82, 2.24) is 5.32 Å². The van der Waals surface area contributed by atoms with E-state index in [-0.39, 0.29) is 18.2 Å². The van der Waals surface area contributed by atoms with Gasteiger partial charge in [0.1, 0.15) is 0 Å². The fourth-order valence-electron chi connectivity index (χ4n) is 2.52. The standard InChI is InChI=1S/C14H17NO4/c1-17-14(16)10-4-2-9(3-5-10)12-6-15-11-7-18-8-13(11)19-12/h2-5,11-13,15H,6-8H2,1H3/t11-,12+,13+/m1/s1. The van der Waals surface area contributed by atoms with Crippen LogP contribution in [0.15, 0.2) is 24.3 Å². The van der Waals surface area contributed by atoms with Crippen LogP contribution < -0.4 is 5.32 Å². The maximum absolute atomic E-state index is 11.4. The molecule has 1 N–H and O–H groups in total. The van der Waals surface area contributed by atoms with Crippen LogP contribution in [-0.2, 0) is 14.2 Å². The molecule has 2 saturated heterocycles. The Kier molecular flexibility index (Phi) is 3.50. The quantitative estimate of drug-likeness (QED) is 0.803. The predicted octanol–water partition coefficient (Wildman–Crippen LogP) is 0.901. The van der Waals surface area contributed by atoms with Gasteiger partial charge in [-0.3, -0.25) is 0 Å². The fourth-order valence-corrected chi connectivity index (χ4v) is 2.52. The molecule has 0 aromatic heterocycles. The van der Waals surface area contributed by atoms with Crippen molar-refractivity contribution in [1.29, 1.82) is 0 Å². The number of esters is 1. The molecular weight excluding hydrogens is 246 g/mol. The highest BCUT2D eigenvalue weighted by Crippen LogP contribution is 2.26. The molecule has 1 aromatic carbocycles. The third kappa shape index (κ3) is 2.49. The van der Waals surface area contributed by atoms with Crippen molar-refractivity contribution in [3.8, 4) is 0 Å². The topological polar surface area (TPSA) is 56.8 Å². The van der Waals surface area contributed by atoms with Crippen molar-refractivity contribution in [3.63, 3.8) is 0 Å². The maximum atomic E-state index is 11.4. The first-order chi connectivity index (χ1) is 9.28. The van der Waals surface area contributed by atoms with Crippen LogP contribution in [0.3, 0.4) is 0 Å². The maximum Gasteiger partial charge on any atom is 0.337 e. The fraction of sp³-hybridized carbons (Fsp3) is 0.500. The van der Waals surface area contributed by atoms with Crippen LogP contribution in [0.5, 0.6) is 0 Å². The lowest BCUT2D eigenvalue weighted by Gasteiger charge is -2.32. The second-order valence-electron chi connectivity index (χ2n) is 4.83. The van der Waals surface area contributed by atoms with E-state index in [0.29, 0.717) is 18.2 Å². The van der Waals surface area contributed by atoms with Gasteiger partial charge in [-0.15, -0.1) is 0 Å². The molecule has 3 atom stereocenters. The van der Waals surface area contributed by atoms with Crippen LogP contribution in [0, 0.1) is 0 Å². The Bertz CT molecular complexity index is 459. The van der Waals surface area contributed by atoms with Gasteiger partial charge in [-0.05, 0) is 17.7 Å². The van der Waals surface area contributed by atoms with Crippen molar-refractivity contribution in [2.24, 2.45) is 0 Å². The molecule has 102 valence electrons. The highest BCUT2D eigenvalue weighted by molar-refractivity contribution is 5.89. The van der Waals surface area contributed by atoms with Crippen LogP contribution in [-0.4, -0.2) is 45.0 Å².